The molecule has 3 N–H and O–H groups in total. The van der Waals surface area contributed by atoms with Crippen LogP contribution in [0, 0.1) is 5.92 Å². The number of anilines is 2. The molecule has 0 radical (unpaired) electrons. The Balaban J connectivity index is 2.73. The Morgan fingerprint density at radius 2 is 1.87 bits per heavy atom. The van der Waals surface area contributed by atoms with Crippen LogP contribution in [-0.4, -0.2) is 36.7 Å². The summed E-state index contributed by atoms with van der Waals surface area (Å²) in [5.74, 6) is -0.861. The summed E-state index contributed by atoms with van der Waals surface area (Å²) >= 11 is 0. The van der Waals surface area contributed by atoms with E-state index in [0.717, 1.165) is 17.6 Å². The number of carbonyl (C=O) groups excluding carboxylic acids is 1. The molecule has 30 heavy (non-hydrogen) atoms. The third kappa shape index (κ3) is 4.99. The number of sulfone groups is 1. The molecule has 0 saturated carbocycles. The molecule has 0 saturated heterocycles. The highest BCUT2D eigenvalue weighted by molar-refractivity contribution is 7.90. The fourth-order valence-electron chi connectivity index (χ4n) is 3.13. The number of hydrogen-bond donors (Lipinski definition) is 2. The van der Waals surface area contributed by atoms with E-state index < -0.39 is 27.0 Å². The molecule has 0 fully saturated rings. The van der Waals surface area contributed by atoms with Crippen LogP contribution in [0.25, 0.3) is 0 Å². The highest BCUT2D eigenvalue weighted by atomic mass is 32.2. The largest absolute Gasteiger partial charge is 0.383 e. The number of aromatic amines is 1. The Kier molecular flexibility index (Phi) is 7.25. The lowest BCUT2D eigenvalue weighted by Gasteiger charge is -2.26. The maximum Gasteiger partial charge on any atom is 0.330 e. The summed E-state index contributed by atoms with van der Waals surface area (Å²) in [7, 11) is -3.69. The van der Waals surface area contributed by atoms with E-state index in [2.05, 4.69) is 4.98 Å². The summed E-state index contributed by atoms with van der Waals surface area (Å²) in [5, 5.41) is 0. The fraction of sp³-hybridized carbons (Fsp3) is 0.450. The number of unbranched alkanes of at least 4 members (excludes halogenated alkanes) is 1. The van der Waals surface area contributed by atoms with Crippen molar-refractivity contribution in [3.63, 3.8) is 0 Å². The van der Waals surface area contributed by atoms with Gasteiger partial charge in [-0.1, -0.05) is 39.3 Å². The number of H-pyrrole nitrogens is 1. The number of nitrogens with one attached hydrogen (secondary N) is 1. The van der Waals surface area contributed by atoms with Gasteiger partial charge in [-0.2, -0.15) is 0 Å². The van der Waals surface area contributed by atoms with Gasteiger partial charge in [0.05, 0.1) is 10.5 Å². The average molecular weight is 437 g/mol. The van der Waals surface area contributed by atoms with Crippen molar-refractivity contribution in [3.8, 4) is 0 Å². The number of aromatic nitrogens is 2. The fourth-order valence-corrected chi connectivity index (χ4v) is 4.01. The maximum absolute atomic E-state index is 13.4. The lowest BCUT2D eigenvalue weighted by Crippen LogP contribution is -2.43. The van der Waals surface area contributed by atoms with Gasteiger partial charge in [0.2, 0.25) is 0 Å². The van der Waals surface area contributed by atoms with Gasteiger partial charge >= 0.3 is 5.69 Å². The second kappa shape index (κ2) is 9.29. The van der Waals surface area contributed by atoms with Crippen molar-refractivity contribution >= 4 is 27.2 Å². The Hall–Kier alpha value is -2.88. The zero-order valence-electron chi connectivity index (χ0n) is 17.6. The van der Waals surface area contributed by atoms with Gasteiger partial charge in [0.25, 0.3) is 11.5 Å². The minimum atomic E-state index is -3.69. The summed E-state index contributed by atoms with van der Waals surface area (Å²) in [5.41, 5.74) is 4.50. The molecule has 1 amide bonds. The van der Waals surface area contributed by atoms with Gasteiger partial charge in [0, 0.05) is 19.3 Å². The molecule has 0 unspecified atom stereocenters. The third-order valence-electron chi connectivity index (χ3n) is 4.53. The molecular formula is C20H28N4O5S. The van der Waals surface area contributed by atoms with Gasteiger partial charge in [0.15, 0.2) is 15.5 Å². The molecule has 0 aliphatic heterocycles. The molecule has 2 aromatic rings. The van der Waals surface area contributed by atoms with Crippen molar-refractivity contribution in [1.29, 1.82) is 0 Å². The van der Waals surface area contributed by atoms with E-state index in [9.17, 15) is 22.8 Å². The first-order chi connectivity index (χ1) is 14.0. The van der Waals surface area contributed by atoms with Crippen LogP contribution in [0.3, 0.4) is 0 Å². The Labute approximate surface area is 175 Å². The number of nitrogens with zero attached hydrogens (tertiary/aromatic N) is 2. The second-order valence-electron chi connectivity index (χ2n) is 7.58. The molecular weight excluding hydrogens is 408 g/mol. The summed E-state index contributed by atoms with van der Waals surface area (Å²) < 4.78 is 25.6. The number of hydrogen-bond acceptors (Lipinski definition) is 6. The van der Waals surface area contributed by atoms with Gasteiger partial charge in [-0.05, 0) is 24.5 Å². The molecule has 1 heterocycles. The lowest BCUT2D eigenvalue weighted by molar-refractivity contribution is 0.0980. The van der Waals surface area contributed by atoms with Crippen LogP contribution < -0.4 is 21.9 Å². The zero-order chi connectivity index (χ0) is 22.6. The van der Waals surface area contributed by atoms with Crippen molar-refractivity contribution in [2.75, 3.05) is 23.4 Å². The van der Waals surface area contributed by atoms with Gasteiger partial charge in [-0.15, -0.1) is 0 Å². The topological polar surface area (TPSA) is 135 Å². The quantitative estimate of drug-likeness (QED) is 0.645. The number of rotatable bonds is 8. The Bertz CT molecular complexity index is 1150. The van der Waals surface area contributed by atoms with E-state index in [1.807, 2.05) is 20.8 Å². The van der Waals surface area contributed by atoms with Crippen LogP contribution in [0.4, 0.5) is 11.5 Å². The molecule has 0 atom stereocenters. The highest BCUT2D eigenvalue weighted by Crippen LogP contribution is 2.24. The number of nitrogens with two attached hydrogens (primary N) is 1. The normalized spacial score (nSPS) is 11.6. The number of benzene rings is 1. The van der Waals surface area contributed by atoms with Crippen LogP contribution in [0.2, 0.25) is 0 Å². The van der Waals surface area contributed by atoms with E-state index in [-0.39, 0.29) is 41.0 Å². The van der Waals surface area contributed by atoms with Crippen molar-refractivity contribution in [3.05, 3.63) is 50.7 Å². The van der Waals surface area contributed by atoms with Crippen molar-refractivity contribution in [2.24, 2.45) is 5.92 Å². The van der Waals surface area contributed by atoms with Crippen LogP contribution in [-0.2, 0) is 16.4 Å². The standard InChI is InChI=1S/C20H28N4O5S/c1-5-6-11-23-17(21)16(18(25)22-20(23)27)24(12-13(2)3)19(26)14-9-7-8-10-15(14)30(4,28)29/h7-10,13H,5-6,11-12,21H2,1-4H3,(H,22,25,27). The van der Waals surface area contributed by atoms with Gasteiger partial charge in [-0.25, -0.2) is 13.2 Å². The van der Waals surface area contributed by atoms with E-state index in [4.69, 9.17) is 5.73 Å². The average Bonchev–Trinajstić information content (AvgIpc) is 2.65. The van der Waals surface area contributed by atoms with Crippen molar-refractivity contribution in [1.82, 2.24) is 9.55 Å². The number of amides is 1. The predicted molar refractivity (Wildman–Crippen MR) is 117 cm³/mol. The molecule has 2 rings (SSSR count). The predicted octanol–water partition coefficient (Wildman–Crippen LogP) is 1.63. The molecule has 1 aromatic carbocycles. The molecule has 0 aliphatic rings. The van der Waals surface area contributed by atoms with Gasteiger partial charge in [-0.3, -0.25) is 19.1 Å². The zero-order valence-corrected chi connectivity index (χ0v) is 18.5. The number of nitrogen functional groups attached to an aromatic ring is 1. The first-order valence-electron chi connectivity index (χ1n) is 9.72. The van der Waals surface area contributed by atoms with E-state index in [0.29, 0.717) is 6.42 Å². The second-order valence-corrected chi connectivity index (χ2v) is 9.56. The summed E-state index contributed by atoms with van der Waals surface area (Å²) in [4.78, 5) is 41.6. The monoisotopic (exact) mass is 436 g/mol. The highest BCUT2D eigenvalue weighted by Gasteiger charge is 2.29. The molecule has 10 heteroatoms. The maximum atomic E-state index is 13.4. The van der Waals surface area contributed by atoms with Crippen LogP contribution in [0.1, 0.15) is 44.0 Å². The molecule has 0 spiro atoms. The van der Waals surface area contributed by atoms with Crippen LogP contribution >= 0.6 is 0 Å². The smallest absolute Gasteiger partial charge is 0.330 e. The summed E-state index contributed by atoms with van der Waals surface area (Å²) in [6.45, 7) is 6.04. The van der Waals surface area contributed by atoms with E-state index in [1.54, 1.807) is 6.07 Å². The molecule has 164 valence electrons. The summed E-state index contributed by atoms with van der Waals surface area (Å²) in [6.07, 6.45) is 2.47. The van der Waals surface area contributed by atoms with E-state index >= 15 is 0 Å². The van der Waals surface area contributed by atoms with Crippen molar-refractivity contribution < 1.29 is 13.2 Å². The summed E-state index contributed by atoms with van der Waals surface area (Å²) in [6, 6.07) is 5.80. The van der Waals surface area contributed by atoms with Crippen molar-refractivity contribution in [2.45, 2.75) is 45.1 Å². The minimum absolute atomic E-state index is 0.0610. The Morgan fingerprint density at radius 3 is 2.43 bits per heavy atom. The van der Waals surface area contributed by atoms with Crippen LogP contribution in [0.15, 0.2) is 38.8 Å². The van der Waals surface area contributed by atoms with Gasteiger partial charge < -0.3 is 10.6 Å². The minimum Gasteiger partial charge on any atom is -0.383 e. The van der Waals surface area contributed by atoms with E-state index in [1.165, 1.54) is 22.8 Å². The number of carbonyl (C=O) groups is 1. The molecule has 0 bridgehead atoms. The van der Waals surface area contributed by atoms with Crippen LogP contribution in [0.5, 0.6) is 0 Å². The SMILES string of the molecule is CCCCn1c(N)c(N(CC(C)C)C(=O)c2ccccc2S(C)(=O)=O)c(=O)[nH]c1=O. The molecule has 0 aliphatic carbocycles. The first-order valence-corrected chi connectivity index (χ1v) is 11.6. The lowest BCUT2D eigenvalue weighted by atomic mass is 10.1. The molecule has 1 aromatic heterocycles. The van der Waals surface area contributed by atoms with Gasteiger partial charge in [0.1, 0.15) is 5.82 Å². The Morgan fingerprint density at radius 1 is 1.23 bits per heavy atom. The third-order valence-corrected chi connectivity index (χ3v) is 5.68. The first kappa shape index (κ1) is 23.4. The molecule has 9 nitrogen and oxygen atoms in total.